The topological polar surface area (TPSA) is 37.8 Å². The summed E-state index contributed by atoms with van der Waals surface area (Å²) < 4.78 is 1.64. The van der Waals surface area contributed by atoms with Crippen molar-refractivity contribution in [1.29, 1.82) is 0 Å². The van der Waals surface area contributed by atoms with E-state index in [1.165, 1.54) is 16.7 Å². The number of rotatable bonds is 2. The third-order valence-corrected chi connectivity index (χ3v) is 3.99. The molecule has 0 spiro atoms. The molecule has 1 N–H and O–H groups in total. The molecule has 0 aliphatic rings. The van der Waals surface area contributed by atoms with Gasteiger partial charge in [-0.2, -0.15) is 0 Å². The van der Waals surface area contributed by atoms with Crippen molar-refractivity contribution in [3.05, 3.63) is 75.8 Å². The predicted molar refractivity (Wildman–Crippen MR) is 86.0 cm³/mol. The molecule has 0 saturated heterocycles. The average Bonchev–Trinajstić information content (AvgIpc) is 2.87. The van der Waals surface area contributed by atoms with E-state index in [1.807, 2.05) is 36.5 Å². The molecule has 1 heterocycles. The predicted octanol–water partition coefficient (Wildman–Crippen LogP) is 3.76. The number of imidazole rings is 1. The van der Waals surface area contributed by atoms with E-state index in [0.717, 1.165) is 16.9 Å². The molecule has 21 heavy (non-hydrogen) atoms. The van der Waals surface area contributed by atoms with Crippen LogP contribution < -0.4 is 5.69 Å². The maximum atomic E-state index is 12.2. The highest BCUT2D eigenvalue weighted by molar-refractivity contribution is 5.62. The number of para-hydroxylation sites is 1. The summed E-state index contributed by atoms with van der Waals surface area (Å²) in [6, 6.07) is 13.9. The number of nitrogens with zero attached hydrogens (tertiary/aromatic N) is 1. The van der Waals surface area contributed by atoms with Crippen LogP contribution in [0.25, 0.3) is 16.9 Å². The molecule has 0 atom stereocenters. The van der Waals surface area contributed by atoms with E-state index >= 15 is 0 Å². The zero-order chi connectivity index (χ0) is 15.0. The van der Waals surface area contributed by atoms with Crippen molar-refractivity contribution in [3.8, 4) is 16.9 Å². The number of nitrogens with one attached hydrogen (secondary N) is 1. The first-order valence-electron chi connectivity index (χ1n) is 7.01. The monoisotopic (exact) mass is 278 g/mol. The maximum Gasteiger partial charge on any atom is 0.330 e. The molecular weight excluding hydrogens is 260 g/mol. The van der Waals surface area contributed by atoms with Crippen LogP contribution >= 0.6 is 0 Å². The summed E-state index contributed by atoms with van der Waals surface area (Å²) in [4.78, 5) is 15.1. The molecule has 0 unspecified atom stereocenters. The van der Waals surface area contributed by atoms with Gasteiger partial charge in [-0.15, -0.1) is 0 Å². The zero-order valence-electron chi connectivity index (χ0n) is 12.5. The van der Waals surface area contributed by atoms with Crippen molar-refractivity contribution in [2.75, 3.05) is 0 Å². The Kier molecular flexibility index (Phi) is 3.26. The van der Waals surface area contributed by atoms with Gasteiger partial charge in [0.05, 0.1) is 11.4 Å². The van der Waals surface area contributed by atoms with Crippen molar-refractivity contribution in [1.82, 2.24) is 9.55 Å². The van der Waals surface area contributed by atoms with Gasteiger partial charge >= 0.3 is 5.69 Å². The third kappa shape index (κ3) is 2.42. The molecule has 3 aromatic rings. The number of aromatic amines is 1. The molecule has 0 radical (unpaired) electrons. The first kappa shape index (κ1) is 13.4. The van der Waals surface area contributed by atoms with Crippen molar-refractivity contribution in [2.24, 2.45) is 0 Å². The Labute approximate surface area is 123 Å². The van der Waals surface area contributed by atoms with E-state index in [1.54, 1.807) is 4.57 Å². The fourth-order valence-corrected chi connectivity index (χ4v) is 2.51. The number of hydrogen-bond donors (Lipinski definition) is 1. The van der Waals surface area contributed by atoms with Crippen LogP contribution in [-0.4, -0.2) is 9.55 Å². The first-order chi connectivity index (χ1) is 10.1. The molecule has 0 aliphatic carbocycles. The van der Waals surface area contributed by atoms with Crippen LogP contribution in [0.5, 0.6) is 0 Å². The fraction of sp³-hybridized carbons (Fsp3) is 0.167. The summed E-state index contributed by atoms with van der Waals surface area (Å²) in [6.45, 7) is 6.31. The van der Waals surface area contributed by atoms with Crippen LogP contribution in [0.3, 0.4) is 0 Å². The number of aromatic nitrogens is 2. The lowest BCUT2D eigenvalue weighted by Crippen LogP contribution is -2.13. The van der Waals surface area contributed by atoms with Gasteiger partial charge < -0.3 is 4.98 Å². The minimum absolute atomic E-state index is 0.118. The highest BCUT2D eigenvalue weighted by Gasteiger charge is 2.09. The van der Waals surface area contributed by atoms with Crippen LogP contribution in [0.15, 0.2) is 53.5 Å². The second-order valence-electron chi connectivity index (χ2n) is 5.41. The van der Waals surface area contributed by atoms with Gasteiger partial charge in [0.2, 0.25) is 0 Å². The van der Waals surface area contributed by atoms with E-state index < -0.39 is 0 Å². The van der Waals surface area contributed by atoms with E-state index in [2.05, 4.69) is 37.9 Å². The summed E-state index contributed by atoms with van der Waals surface area (Å²) in [6.07, 6.45) is 1.86. The molecule has 1 aromatic heterocycles. The minimum atomic E-state index is -0.118. The number of benzene rings is 2. The van der Waals surface area contributed by atoms with Gasteiger partial charge in [0.25, 0.3) is 0 Å². The van der Waals surface area contributed by atoms with Gasteiger partial charge in [0, 0.05) is 11.8 Å². The molecule has 2 aromatic carbocycles. The molecule has 0 bridgehead atoms. The average molecular weight is 278 g/mol. The number of H-pyrrole nitrogens is 1. The van der Waals surface area contributed by atoms with Crippen LogP contribution in [0.4, 0.5) is 0 Å². The molecular formula is C18H18N2O. The lowest BCUT2D eigenvalue weighted by molar-refractivity contribution is 0.987. The normalized spacial score (nSPS) is 10.8. The Bertz CT molecular complexity index is 818. The van der Waals surface area contributed by atoms with Crippen molar-refractivity contribution in [3.63, 3.8) is 0 Å². The van der Waals surface area contributed by atoms with Crippen LogP contribution in [0, 0.1) is 20.8 Å². The minimum Gasteiger partial charge on any atom is -0.305 e. The van der Waals surface area contributed by atoms with Gasteiger partial charge in [-0.3, -0.25) is 4.57 Å². The highest BCUT2D eigenvalue weighted by atomic mass is 16.1. The quantitative estimate of drug-likeness (QED) is 0.761. The fourth-order valence-electron chi connectivity index (χ4n) is 2.51. The van der Waals surface area contributed by atoms with Gasteiger partial charge in [-0.25, -0.2) is 4.79 Å². The Morgan fingerprint density at radius 2 is 1.57 bits per heavy atom. The summed E-state index contributed by atoms with van der Waals surface area (Å²) in [5, 5.41) is 0. The molecule has 0 fully saturated rings. The molecule has 3 rings (SSSR count). The highest BCUT2D eigenvalue weighted by Crippen LogP contribution is 2.23. The Balaban J connectivity index is 2.12. The van der Waals surface area contributed by atoms with Crippen LogP contribution in [0.1, 0.15) is 16.7 Å². The van der Waals surface area contributed by atoms with Crippen molar-refractivity contribution < 1.29 is 0 Å². The summed E-state index contributed by atoms with van der Waals surface area (Å²) >= 11 is 0. The molecule has 0 aliphatic heterocycles. The Morgan fingerprint density at radius 3 is 2.19 bits per heavy atom. The molecule has 106 valence electrons. The van der Waals surface area contributed by atoms with Gasteiger partial charge in [0.1, 0.15) is 0 Å². The van der Waals surface area contributed by atoms with Crippen LogP contribution in [-0.2, 0) is 0 Å². The molecule has 0 amide bonds. The smallest absolute Gasteiger partial charge is 0.305 e. The van der Waals surface area contributed by atoms with Crippen molar-refractivity contribution >= 4 is 0 Å². The first-order valence-corrected chi connectivity index (χ1v) is 7.01. The van der Waals surface area contributed by atoms with E-state index in [-0.39, 0.29) is 5.69 Å². The second-order valence-corrected chi connectivity index (χ2v) is 5.41. The van der Waals surface area contributed by atoms with Crippen molar-refractivity contribution in [2.45, 2.75) is 20.8 Å². The largest absolute Gasteiger partial charge is 0.330 e. The van der Waals surface area contributed by atoms with E-state index in [9.17, 15) is 4.79 Å². The van der Waals surface area contributed by atoms with Gasteiger partial charge in [-0.1, -0.05) is 18.2 Å². The molecule has 3 nitrogen and oxygen atoms in total. The SMILES string of the molecule is Cc1cc(-c2cn(-c3ccccc3)c(=O)[nH]2)cc(C)c1C. The van der Waals surface area contributed by atoms with E-state index in [0.29, 0.717) is 0 Å². The third-order valence-electron chi connectivity index (χ3n) is 3.99. The second kappa shape index (κ2) is 5.09. The van der Waals surface area contributed by atoms with E-state index in [4.69, 9.17) is 0 Å². The lowest BCUT2D eigenvalue weighted by atomic mass is 9.99. The summed E-state index contributed by atoms with van der Waals surface area (Å²) in [7, 11) is 0. The standard InChI is InChI=1S/C18H18N2O/c1-12-9-15(10-13(2)14(12)3)17-11-20(18(21)19-17)16-7-5-4-6-8-16/h4-11H,1-3H3,(H,19,21). The number of aryl methyl sites for hydroxylation is 2. The molecule has 0 saturated carbocycles. The summed E-state index contributed by atoms with van der Waals surface area (Å²) in [5.41, 5.74) is 6.40. The Hall–Kier alpha value is -2.55. The Morgan fingerprint density at radius 1 is 0.952 bits per heavy atom. The number of hydrogen-bond acceptors (Lipinski definition) is 1. The van der Waals surface area contributed by atoms with Gasteiger partial charge in [-0.05, 0) is 61.7 Å². The zero-order valence-corrected chi connectivity index (χ0v) is 12.5. The summed E-state index contributed by atoms with van der Waals surface area (Å²) in [5.74, 6) is 0. The van der Waals surface area contributed by atoms with Gasteiger partial charge in [0.15, 0.2) is 0 Å². The lowest BCUT2D eigenvalue weighted by Gasteiger charge is -2.07. The molecule has 3 heteroatoms. The van der Waals surface area contributed by atoms with Crippen LogP contribution in [0.2, 0.25) is 0 Å². The maximum absolute atomic E-state index is 12.2.